The van der Waals surface area contributed by atoms with Crippen molar-refractivity contribution in [2.75, 3.05) is 6.61 Å². The summed E-state index contributed by atoms with van der Waals surface area (Å²) in [6.45, 7) is 1.00. The summed E-state index contributed by atoms with van der Waals surface area (Å²) in [4.78, 5) is 14.5. The number of hydrogen-bond donors (Lipinski definition) is 0. The predicted molar refractivity (Wildman–Crippen MR) is 105 cm³/mol. The molecule has 1 fully saturated rings. The van der Waals surface area contributed by atoms with E-state index in [2.05, 4.69) is 6.08 Å². The smallest absolute Gasteiger partial charge is 0.410 e. The first-order valence-corrected chi connectivity index (χ1v) is 9.66. The Labute approximate surface area is 160 Å². The van der Waals surface area contributed by atoms with Crippen LogP contribution in [0.15, 0.2) is 72.3 Å². The average molecular weight is 363 g/mol. The molecule has 0 N–H and O–H groups in total. The summed E-state index contributed by atoms with van der Waals surface area (Å²) in [5.74, 6) is 0.906. The van der Waals surface area contributed by atoms with Crippen LogP contribution in [-0.4, -0.2) is 29.7 Å². The van der Waals surface area contributed by atoms with E-state index in [9.17, 15) is 4.79 Å². The molecule has 2 atom stereocenters. The van der Waals surface area contributed by atoms with Gasteiger partial charge < -0.3 is 9.47 Å². The Kier molecular flexibility index (Phi) is 5.42. The molecule has 2 aliphatic rings. The average Bonchev–Trinajstić information content (AvgIpc) is 2.98. The Morgan fingerprint density at radius 2 is 1.74 bits per heavy atom. The third-order valence-electron chi connectivity index (χ3n) is 5.32. The van der Waals surface area contributed by atoms with Crippen molar-refractivity contribution < 1.29 is 14.3 Å². The molecule has 0 aliphatic carbocycles. The van der Waals surface area contributed by atoms with Crippen LogP contribution in [0.25, 0.3) is 0 Å². The van der Waals surface area contributed by atoms with Crippen molar-refractivity contribution >= 4 is 6.09 Å². The zero-order chi connectivity index (χ0) is 18.5. The van der Waals surface area contributed by atoms with Crippen LogP contribution in [0.3, 0.4) is 0 Å². The minimum absolute atomic E-state index is 0.166. The number of carbonyl (C=O) groups excluding carboxylic acids is 1. The standard InChI is InChI=1S/C23H25NO3/c25-23(27-17-18-7-3-1-4-8-18)24-20-11-12-21(24)16-19(15-20)13-14-26-22-9-5-2-6-10-22/h1-10,15,20-21H,11-14,16-17H2. The first kappa shape index (κ1) is 17.7. The monoisotopic (exact) mass is 363 g/mol. The van der Waals surface area contributed by atoms with Crippen LogP contribution in [0.1, 0.15) is 31.2 Å². The first-order valence-electron chi connectivity index (χ1n) is 9.66. The Hall–Kier alpha value is -2.75. The molecule has 1 saturated heterocycles. The number of benzene rings is 2. The van der Waals surface area contributed by atoms with E-state index in [0.717, 1.165) is 37.0 Å². The fraction of sp³-hybridized carbons (Fsp3) is 0.348. The summed E-state index contributed by atoms with van der Waals surface area (Å²) in [5, 5.41) is 0. The minimum atomic E-state index is -0.192. The summed E-state index contributed by atoms with van der Waals surface area (Å²) in [6, 6.07) is 20.2. The fourth-order valence-electron chi connectivity index (χ4n) is 4.00. The van der Waals surface area contributed by atoms with Gasteiger partial charge in [0.25, 0.3) is 0 Å². The molecule has 1 amide bonds. The Morgan fingerprint density at radius 3 is 2.48 bits per heavy atom. The SMILES string of the molecule is O=C(OCc1ccccc1)N1C2C=C(CCOc3ccccc3)CC1CC2. The molecule has 2 aromatic rings. The summed E-state index contributed by atoms with van der Waals surface area (Å²) in [5.41, 5.74) is 2.41. The number of nitrogens with zero attached hydrogens (tertiary/aromatic N) is 1. The summed E-state index contributed by atoms with van der Waals surface area (Å²) >= 11 is 0. The molecule has 2 aliphatic heterocycles. The van der Waals surface area contributed by atoms with Crippen molar-refractivity contribution in [1.29, 1.82) is 0 Å². The van der Waals surface area contributed by atoms with Gasteiger partial charge in [-0.3, -0.25) is 4.90 Å². The minimum Gasteiger partial charge on any atom is -0.493 e. The van der Waals surface area contributed by atoms with Crippen molar-refractivity contribution in [3.63, 3.8) is 0 Å². The molecule has 0 aromatic heterocycles. The van der Waals surface area contributed by atoms with E-state index in [1.165, 1.54) is 5.57 Å². The van der Waals surface area contributed by atoms with E-state index in [1.807, 2.05) is 65.6 Å². The van der Waals surface area contributed by atoms with Gasteiger partial charge in [0.15, 0.2) is 0 Å². The van der Waals surface area contributed by atoms with Gasteiger partial charge in [0.1, 0.15) is 12.4 Å². The second kappa shape index (κ2) is 8.30. The molecular weight excluding hydrogens is 338 g/mol. The lowest BCUT2D eigenvalue weighted by molar-refractivity contribution is 0.0813. The van der Waals surface area contributed by atoms with Crippen LogP contribution in [0.5, 0.6) is 5.75 Å². The lowest BCUT2D eigenvalue weighted by Crippen LogP contribution is -2.43. The lowest BCUT2D eigenvalue weighted by atomic mass is 9.99. The quantitative estimate of drug-likeness (QED) is 0.681. The van der Waals surface area contributed by atoms with Crippen molar-refractivity contribution in [1.82, 2.24) is 4.90 Å². The predicted octanol–water partition coefficient (Wildman–Crippen LogP) is 4.96. The van der Waals surface area contributed by atoms with Crippen LogP contribution < -0.4 is 4.74 Å². The highest BCUT2D eigenvalue weighted by molar-refractivity contribution is 5.70. The molecule has 0 spiro atoms. The number of amides is 1. The highest BCUT2D eigenvalue weighted by atomic mass is 16.6. The third-order valence-corrected chi connectivity index (χ3v) is 5.32. The van der Waals surface area contributed by atoms with Gasteiger partial charge in [0, 0.05) is 12.5 Å². The number of para-hydroxylation sites is 1. The van der Waals surface area contributed by atoms with Crippen molar-refractivity contribution in [2.45, 2.75) is 44.4 Å². The van der Waals surface area contributed by atoms with Crippen LogP contribution >= 0.6 is 0 Å². The number of rotatable bonds is 6. The van der Waals surface area contributed by atoms with E-state index in [-0.39, 0.29) is 18.2 Å². The third kappa shape index (κ3) is 4.33. The molecule has 0 radical (unpaired) electrons. The number of fused-ring (bicyclic) bond motifs is 2. The molecule has 2 unspecified atom stereocenters. The Balaban J connectivity index is 1.30. The van der Waals surface area contributed by atoms with Gasteiger partial charge in [-0.25, -0.2) is 4.79 Å². The van der Waals surface area contributed by atoms with Crippen LogP contribution in [0.2, 0.25) is 0 Å². The maximum Gasteiger partial charge on any atom is 0.410 e. The maximum atomic E-state index is 12.6. The molecule has 2 aromatic carbocycles. The van der Waals surface area contributed by atoms with Gasteiger partial charge in [0.2, 0.25) is 0 Å². The van der Waals surface area contributed by atoms with Gasteiger partial charge in [-0.05, 0) is 37.0 Å². The van der Waals surface area contributed by atoms with Gasteiger partial charge in [-0.1, -0.05) is 60.2 Å². The van der Waals surface area contributed by atoms with Crippen molar-refractivity contribution in [3.8, 4) is 5.75 Å². The zero-order valence-electron chi connectivity index (χ0n) is 15.4. The molecule has 4 nitrogen and oxygen atoms in total. The van der Waals surface area contributed by atoms with Gasteiger partial charge in [-0.2, -0.15) is 0 Å². The normalized spacial score (nSPS) is 20.9. The molecule has 2 heterocycles. The molecule has 2 bridgehead atoms. The van der Waals surface area contributed by atoms with E-state index >= 15 is 0 Å². The lowest BCUT2D eigenvalue weighted by Gasteiger charge is -2.33. The highest BCUT2D eigenvalue weighted by Crippen LogP contribution is 2.36. The van der Waals surface area contributed by atoms with E-state index in [1.54, 1.807) is 0 Å². The first-order chi connectivity index (χ1) is 13.3. The van der Waals surface area contributed by atoms with Crippen LogP contribution in [-0.2, 0) is 11.3 Å². The molecule has 0 saturated carbocycles. The summed E-state index contributed by atoms with van der Waals surface area (Å²) < 4.78 is 11.4. The van der Waals surface area contributed by atoms with E-state index in [4.69, 9.17) is 9.47 Å². The fourth-order valence-corrected chi connectivity index (χ4v) is 4.00. The topological polar surface area (TPSA) is 38.8 Å². The van der Waals surface area contributed by atoms with Gasteiger partial charge >= 0.3 is 6.09 Å². The van der Waals surface area contributed by atoms with Crippen LogP contribution in [0, 0.1) is 0 Å². The van der Waals surface area contributed by atoms with Crippen LogP contribution in [0.4, 0.5) is 4.79 Å². The molecule has 4 heteroatoms. The summed E-state index contributed by atoms with van der Waals surface area (Å²) in [6.07, 6.45) is 5.96. The number of hydrogen-bond acceptors (Lipinski definition) is 3. The molecular formula is C23H25NO3. The Morgan fingerprint density at radius 1 is 1.00 bits per heavy atom. The Bertz CT molecular complexity index is 788. The number of carbonyl (C=O) groups is 1. The molecule has 27 heavy (non-hydrogen) atoms. The maximum absolute atomic E-state index is 12.6. The number of ether oxygens (including phenoxy) is 2. The highest BCUT2D eigenvalue weighted by Gasteiger charge is 2.40. The second-order valence-electron chi connectivity index (χ2n) is 7.19. The van der Waals surface area contributed by atoms with Gasteiger partial charge in [0.05, 0.1) is 12.6 Å². The zero-order valence-corrected chi connectivity index (χ0v) is 15.4. The second-order valence-corrected chi connectivity index (χ2v) is 7.19. The summed E-state index contributed by atoms with van der Waals surface area (Å²) in [7, 11) is 0. The molecule has 4 rings (SSSR count). The largest absolute Gasteiger partial charge is 0.493 e. The van der Waals surface area contributed by atoms with E-state index in [0.29, 0.717) is 13.2 Å². The van der Waals surface area contributed by atoms with Crippen molar-refractivity contribution in [3.05, 3.63) is 77.9 Å². The van der Waals surface area contributed by atoms with E-state index < -0.39 is 0 Å². The van der Waals surface area contributed by atoms with Gasteiger partial charge in [-0.15, -0.1) is 0 Å². The molecule has 140 valence electrons. The van der Waals surface area contributed by atoms with Crippen molar-refractivity contribution in [2.24, 2.45) is 0 Å².